The van der Waals surface area contributed by atoms with E-state index in [2.05, 4.69) is 10.6 Å². The maximum absolute atomic E-state index is 12.0. The van der Waals surface area contributed by atoms with Crippen molar-refractivity contribution >= 4 is 23.5 Å². The summed E-state index contributed by atoms with van der Waals surface area (Å²) in [6.45, 7) is 1.61. The zero-order valence-corrected chi connectivity index (χ0v) is 13.2. The van der Waals surface area contributed by atoms with Crippen molar-refractivity contribution in [2.24, 2.45) is 5.92 Å². The van der Waals surface area contributed by atoms with Crippen molar-refractivity contribution < 1.29 is 19.5 Å². The minimum atomic E-state index is -1.26. The van der Waals surface area contributed by atoms with E-state index in [0.29, 0.717) is 11.3 Å². The lowest BCUT2D eigenvalue weighted by molar-refractivity contribution is -0.255. The Morgan fingerprint density at radius 2 is 1.87 bits per heavy atom. The lowest BCUT2D eigenvalue weighted by atomic mass is 9.89. The van der Waals surface area contributed by atoms with Gasteiger partial charge in [0, 0.05) is 11.6 Å². The monoisotopic (exact) mass is 317 g/mol. The highest BCUT2D eigenvalue weighted by molar-refractivity contribution is 5.96. The summed E-state index contributed by atoms with van der Waals surface area (Å²) in [4.78, 5) is 34.7. The van der Waals surface area contributed by atoms with Gasteiger partial charge >= 0.3 is 0 Å². The first-order chi connectivity index (χ1) is 11.0. The van der Waals surface area contributed by atoms with Gasteiger partial charge in [0.2, 0.25) is 11.8 Å². The first-order valence-corrected chi connectivity index (χ1v) is 7.87. The van der Waals surface area contributed by atoms with Crippen LogP contribution in [0.25, 0.3) is 0 Å². The van der Waals surface area contributed by atoms with E-state index >= 15 is 0 Å². The summed E-state index contributed by atoms with van der Waals surface area (Å²) < 4.78 is 0. The summed E-state index contributed by atoms with van der Waals surface area (Å²) in [6, 6.07) is 4.32. The van der Waals surface area contributed by atoms with Crippen LogP contribution in [0.3, 0.4) is 0 Å². The van der Waals surface area contributed by atoms with Crippen molar-refractivity contribution in [3.63, 3.8) is 0 Å². The first-order valence-electron chi connectivity index (χ1n) is 7.87. The number of nitrogens with one attached hydrogen (secondary N) is 2. The molecular weight excluding hydrogens is 296 g/mol. The fraction of sp³-hybridized carbons (Fsp3) is 0.471. The van der Waals surface area contributed by atoms with Gasteiger partial charge in [-0.15, -0.1) is 0 Å². The molecule has 1 aromatic carbocycles. The number of carbonyl (C=O) groups is 3. The smallest absolute Gasteiger partial charge is 0.243 e. The molecule has 6 heteroatoms. The van der Waals surface area contributed by atoms with Crippen molar-refractivity contribution in [2.45, 2.75) is 39.0 Å². The van der Waals surface area contributed by atoms with E-state index in [1.54, 1.807) is 6.92 Å². The summed E-state index contributed by atoms with van der Waals surface area (Å²) in [5, 5.41) is 16.1. The van der Waals surface area contributed by atoms with Crippen LogP contribution in [0.5, 0.6) is 0 Å². The molecule has 1 saturated carbocycles. The Hall–Kier alpha value is -2.37. The van der Waals surface area contributed by atoms with Crippen LogP contribution < -0.4 is 15.7 Å². The fourth-order valence-electron chi connectivity index (χ4n) is 2.80. The predicted molar refractivity (Wildman–Crippen MR) is 83.7 cm³/mol. The summed E-state index contributed by atoms with van der Waals surface area (Å²) >= 11 is 0. The molecule has 0 bridgehead atoms. The van der Waals surface area contributed by atoms with Gasteiger partial charge < -0.3 is 20.5 Å². The number of carbonyl (C=O) groups excluding carboxylic acids is 3. The van der Waals surface area contributed by atoms with E-state index in [9.17, 15) is 19.5 Å². The van der Waals surface area contributed by atoms with Crippen LogP contribution in [0, 0.1) is 12.8 Å². The fourth-order valence-corrected chi connectivity index (χ4v) is 2.80. The van der Waals surface area contributed by atoms with Crippen LogP contribution in [-0.2, 0) is 9.59 Å². The molecule has 0 aromatic heterocycles. The van der Waals surface area contributed by atoms with Gasteiger partial charge in [0.05, 0.1) is 12.5 Å². The molecular formula is C17H21N2O4-. The van der Waals surface area contributed by atoms with E-state index < -0.39 is 5.97 Å². The Balaban J connectivity index is 1.84. The molecule has 0 atom stereocenters. The molecule has 0 spiro atoms. The summed E-state index contributed by atoms with van der Waals surface area (Å²) in [5.41, 5.74) is 1.21. The molecule has 1 aliphatic rings. The molecule has 124 valence electrons. The van der Waals surface area contributed by atoms with Gasteiger partial charge in [-0.05, 0) is 43.0 Å². The van der Waals surface area contributed by atoms with E-state index in [-0.39, 0.29) is 29.8 Å². The topological polar surface area (TPSA) is 98.3 Å². The molecule has 2 N–H and O–H groups in total. The third-order valence-corrected chi connectivity index (χ3v) is 4.14. The van der Waals surface area contributed by atoms with E-state index in [0.717, 1.165) is 25.7 Å². The Labute approximate surface area is 135 Å². The third kappa shape index (κ3) is 4.81. The number of carboxylic acids is 1. The molecule has 1 aliphatic carbocycles. The van der Waals surface area contributed by atoms with Gasteiger partial charge in [0.25, 0.3) is 0 Å². The molecule has 1 aromatic rings. The number of rotatable bonds is 5. The number of aromatic carboxylic acids is 1. The van der Waals surface area contributed by atoms with Crippen LogP contribution in [-0.4, -0.2) is 24.3 Å². The molecule has 0 heterocycles. The highest BCUT2D eigenvalue weighted by Gasteiger charge is 2.21. The maximum Gasteiger partial charge on any atom is 0.243 e. The van der Waals surface area contributed by atoms with Gasteiger partial charge in [0.1, 0.15) is 0 Å². The van der Waals surface area contributed by atoms with Crippen LogP contribution >= 0.6 is 0 Å². The number of hydrogen-bond donors (Lipinski definition) is 2. The summed E-state index contributed by atoms with van der Waals surface area (Å²) in [7, 11) is 0. The van der Waals surface area contributed by atoms with Crippen LogP contribution in [0.15, 0.2) is 18.2 Å². The van der Waals surface area contributed by atoms with Gasteiger partial charge in [-0.1, -0.05) is 25.3 Å². The highest BCUT2D eigenvalue weighted by atomic mass is 16.4. The van der Waals surface area contributed by atoms with Crippen molar-refractivity contribution in [3.8, 4) is 0 Å². The number of amides is 2. The largest absolute Gasteiger partial charge is 0.545 e. The maximum atomic E-state index is 12.0. The molecule has 0 aliphatic heterocycles. The molecule has 0 saturated heterocycles. The van der Waals surface area contributed by atoms with Gasteiger partial charge in [0.15, 0.2) is 0 Å². The van der Waals surface area contributed by atoms with Crippen LogP contribution in [0.2, 0.25) is 0 Å². The Kier molecular flexibility index (Phi) is 5.73. The molecule has 6 nitrogen and oxygen atoms in total. The predicted octanol–water partition coefficient (Wildman–Crippen LogP) is 0.994. The molecule has 2 amide bonds. The minimum absolute atomic E-state index is 0.0145. The van der Waals surface area contributed by atoms with Crippen molar-refractivity contribution in [3.05, 3.63) is 29.3 Å². The summed E-state index contributed by atoms with van der Waals surface area (Å²) in [5.74, 6) is -1.64. The molecule has 1 fully saturated rings. The second-order valence-electron chi connectivity index (χ2n) is 5.92. The lowest BCUT2D eigenvalue weighted by Gasteiger charge is -2.20. The average molecular weight is 317 g/mol. The Morgan fingerprint density at radius 1 is 1.17 bits per heavy atom. The quantitative estimate of drug-likeness (QED) is 0.846. The number of hydrogen-bond acceptors (Lipinski definition) is 4. The van der Waals surface area contributed by atoms with Gasteiger partial charge in [-0.2, -0.15) is 0 Å². The van der Waals surface area contributed by atoms with E-state index in [4.69, 9.17) is 0 Å². The number of aryl methyl sites for hydroxylation is 1. The van der Waals surface area contributed by atoms with Crippen molar-refractivity contribution in [1.29, 1.82) is 0 Å². The molecule has 23 heavy (non-hydrogen) atoms. The minimum Gasteiger partial charge on any atom is -0.545 e. The normalized spacial score (nSPS) is 15.0. The zero-order valence-electron chi connectivity index (χ0n) is 13.2. The summed E-state index contributed by atoms with van der Waals surface area (Å²) in [6.07, 6.45) is 5.07. The number of anilines is 1. The van der Waals surface area contributed by atoms with Gasteiger partial charge in [-0.3, -0.25) is 9.59 Å². The Bertz CT molecular complexity index is 607. The van der Waals surface area contributed by atoms with Crippen molar-refractivity contribution in [1.82, 2.24) is 5.32 Å². The molecule has 0 unspecified atom stereocenters. The average Bonchev–Trinajstić information content (AvgIpc) is 2.55. The SMILES string of the molecule is Cc1cc(C(=O)[O-])ccc1NC(=O)CNC(=O)C1CCCCC1. The van der Waals surface area contributed by atoms with E-state index in [1.807, 2.05) is 0 Å². The van der Waals surface area contributed by atoms with E-state index in [1.165, 1.54) is 24.6 Å². The molecule has 2 rings (SSSR count). The van der Waals surface area contributed by atoms with Gasteiger partial charge in [-0.25, -0.2) is 0 Å². The lowest BCUT2D eigenvalue weighted by Crippen LogP contribution is -2.37. The zero-order chi connectivity index (χ0) is 16.8. The number of carboxylic acid groups (broad SMARTS) is 1. The third-order valence-electron chi connectivity index (χ3n) is 4.14. The standard InChI is InChI=1S/C17H22N2O4/c1-11-9-13(17(22)23)7-8-14(11)19-15(20)10-18-16(21)12-5-3-2-4-6-12/h7-9,12H,2-6,10H2,1H3,(H,18,21)(H,19,20)(H,22,23)/p-1. The first kappa shape index (κ1) is 17.0. The second kappa shape index (κ2) is 7.76. The highest BCUT2D eigenvalue weighted by Crippen LogP contribution is 2.23. The van der Waals surface area contributed by atoms with Crippen LogP contribution in [0.4, 0.5) is 5.69 Å². The molecule has 0 radical (unpaired) electrons. The second-order valence-corrected chi connectivity index (χ2v) is 5.92. The number of benzene rings is 1. The Morgan fingerprint density at radius 3 is 2.48 bits per heavy atom. The van der Waals surface area contributed by atoms with Crippen LogP contribution in [0.1, 0.15) is 48.0 Å². The van der Waals surface area contributed by atoms with Crippen molar-refractivity contribution in [2.75, 3.05) is 11.9 Å².